The highest BCUT2D eigenvalue weighted by molar-refractivity contribution is 6.11. The topological polar surface area (TPSA) is 46.2 Å². The van der Waals surface area contributed by atoms with Crippen molar-refractivity contribution in [1.82, 2.24) is 0 Å². The first kappa shape index (κ1) is 37.3. The van der Waals surface area contributed by atoms with E-state index in [1.165, 1.54) is 55.9 Å². The molecule has 58 heavy (non-hydrogen) atoms. The van der Waals surface area contributed by atoms with E-state index in [-0.39, 0.29) is 0 Å². The lowest BCUT2D eigenvalue weighted by atomic mass is 9.92. The fourth-order valence-electron chi connectivity index (χ4n) is 8.13. The van der Waals surface area contributed by atoms with Gasteiger partial charge in [0.25, 0.3) is 0 Å². The molecule has 0 unspecified atom stereocenters. The van der Waals surface area contributed by atoms with Gasteiger partial charge in [0.15, 0.2) is 0 Å². The Morgan fingerprint density at radius 1 is 0.431 bits per heavy atom. The van der Waals surface area contributed by atoms with Crippen LogP contribution in [0.2, 0.25) is 0 Å². The van der Waals surface area contributed by atoms with Gasteiger partial charge in [0.1, 0.15) is 36.2 Å². The molecule has 0 atom stereocenters. The molecule has 8 aromatic rings. The molecule has 1 saturated heterocycles. The Bertz CT molecular complexity index is 2560. The average molecular weight is 765 g/mol. The molecule has 5 nitrogen and oxygen atoms in total. The Morgan fingerprint density at radius 3 is 1.07 bits per heavy atom. The van der Waals surface area contributed by atoms with Crippen molar-refractivity contribution in [2.75, 3.05) is 39.6 Å². The Hall–Kier alpha value is -6.30. The monoisotopic (exact) mass is 764 g/mol. The molecule has 3 aliphatic rings. The third-order valence-corrected chi connectivity index (χ3v) is 11.3. The summed E-state index contributed by atoms with van der Waals surface area (Å²) in [7, 11) is 0. The third kappa shape index (κ3) is 7.58. The minimum absolute atomic E-state index is 0.377. The smallest absolute Gasteiger partial charge is 0.128 e. The molecular formula is C53H48O5. The molecule has 0 radical (unpaired) electrons. The van der Waals surface area contributed by atoms with E-state index in [1.54, 1.807) is 0 Å². The summed E-state index contributed by atoms with van der Waals surface area (Å²) in [4.78, 5) is 0. The van der Waals surface area contributed by atoms with Crippen LogP contribution in [0.15, 0.2) is 158 Å². The van der Waals surface area contributed by atoms with Gasteiger partial charge in [0, 0.05) is 41.4 Å². The number of ether oxygens (including phenoxy) is 5. The Balaban J connectivity index is 0.000000134. The molecule has 3 aliphatic heterocycles. The Morgan fingerprint density at radius 2 is 0.759 bits per heavy atom. The van der Waals surface area contributed by atoms with E-state index in [9.17, 15) is 0 Å². The van der Waals surface area contributed by atoms with Crippen LogP contribution in [0.4, 0.5) is 0 Å². The highest BCUT2D eigenvalue weighted by Crippen LogP contribution is 2.48. The first-order valence-corrected chi connectivity index (χ1v) is 20.5. The zero-order valence-corrected chi connectivity index (χ0v) is 33.0. The lowest BCUT2D eigenvalue weighted by molar-refractivity contribution is 0.177. The minimum Gasteiger partial charge on any atom is -0.492 e. The standard InChI is InChI=1S/C25H22O2.C24H18O2.C4H8O/c1-2-17-15-26-22-13-11-18-7-3-5-9-20(18)24(22)25-21-10-6-4-8-19(21)12-14-23(25)27-16-17;1-16-14-25-21-12-10-17-6-2-4-8-19(17)23(21)24-20-9-5-3-7-18(20)11-13-22(24)26-15-16;1-2-4-5-3-1/h3-14,17H,2,15-16H2,1H3;2-13H,1,14-15H2;1-4H2. The summed E-state index contributed by atoms with van der Waals surface area (Å²) in [6, 6.07) is 50.7. The maximum Gasteiger partial charge on any atom is 0.128 e. The van der Waals surface area contributed by atoms with E-state index in [0.717, 1.165) is 70.5 Å². The van der Waals surface area contributed by atoms with Gasteiger partial charge in [-0.2, -0.15) is 0 Å². The van der Waals surface area contributed by atoms with Gasteiger partial charge in [-0.3, -0.25) is 0 Å². The van der Waals surface area contributed by atoms with Crippen LogP contribution in [0, 0.1) is 5.92 Å². The summed E-state index contributed by atoms with van der Waals surface area (Å²) in [5.41, 5.74) is 5.37. The molecule has 0 saturated carbocycles. The van der Waals surface area contributed by atoms with Crippen LogP contribution >= 0.6 is 0 Å². The number of hydrogen-bond donors (Lipinski definition) is 0. The van der Waals surface area contributed by atoms with Crippen LogP contribution in [-0.4, -0.2) is 39.6 Å². The maximum atomic E-state index is 6.35. The highest BCUT2D eigenvalue weighted by Gasteiger charge is 2.23. The van der Waals surface area contributed by atoms with E-state index < -0.39 is 0 Å². The fraction of sp³-hybridized carbons (Fsp3) is 0.208. The number of hydrogen-bond acceptors (Lipinski definition) is 5. The van der Waals surface area contributed by atoms with Gasteiger partial charge in [-0.15, -0.1) is 0 Å². The summed E-state index contributed by atoms with van der Waals surface area (Å²) in [6.45, 7) is 10.5. The third-order valence-electron chi connectivity index (χ3n) is 11.3. The van der Waals surface area contributed by atoms with E-state index in [0.29, 0.717) is 32.3 Å². The first-order valence-electron chi connectivity index (χ1n) is 20.5. The summed E-state index contributed by atoms with van der Waals surface area (Å²) in [6.07, 6.45) is 3.59. The van der Waals surface area contributed by atoms with Crippen molar-refractivity contribution in [2.24, 2.45) is 5.92 Å². The van der Waals surface area contributed by atoms with Crippen molar-refractivity contribution < 1.29 is 23.7 Å². The van der Waals surface area contributed by atoms with Gasteiger partial charge >= 0.3 is 0 Å². The molecule has 5 heteroatoms. The number of rotatable bonds is 1. The van der Waals surface area contributed by atoms with Gasteiger partial charge in [-0.1, -0.05) is 135 Å². The Labute approximate surface area is 340 Å². The van der Waals surface area contributed by atoms with Gasteiger partial charge in [0.2, 0.25) is 0 Å². The lowest BCUT2D eigenvalue weighted by Crippen LogP contribution is -2.18. The summed E-state index contributed by atoms with van der Waals surface area (Å²) in [5, 5.41) is 9.53. The molecule has 0 spiro atoms. The number of benzene rings is 8. The second-order valence-corrected chi connectivity index (χ2v) is 15.2. The molecule has 0 N–H and O–H groups in total. The van der Waals surface area contributed by atoms with Crippen molar-refractivity contribution in [3.8, 4) is 45.3 Å². The fourth-order valence-corrected chi connectivity index (χ4v) is 8.13. The molecule has 0 aliphatic carbocycles. The molecule has 8 aromatic carbocycles. The molecule has 3 heterocycles. The molecule has 290 valence electrons. The van der Waals surface area contributed by atoms with Crippen molar-refractivity contribution in [3.05, 3.63) is 158 Å². The quantitative estimate of drug-likeness (QED) is 0.156. The highest BCUT2D eigenvalue weighted by atomic mass is 16.5. The van der Waals surface area contributed by atoms with Gasteiger partial charge in [0.05, 0.1) is 13.2 Å². The average Bonchev–Trinajstić information content (AvgIpc) is 3.91. The van der Waals surface area contributed by atoms with Crippen molar-refractivity contribution in [3.63, 3.8) is 0 Å². The molecule has 0 aromatic heterocycles. The van der Waals surface area contributed by atoms with E-state index in [1.807, 2.05) is 0 Å². The van der Waals surface area contributed by atoms with Gasteiger partial charge in [-0.25, -0.2) is 0 Å². The second-order valence-electron chi connectivity index (χ2n) is 15.2. The molecule has 11 rings (SSSR count). The molecule has 0 amide bonds. The summed E-state index contributed by atoms with van der Waals surface area (Å²) in [5.74, 6) is 3.99. The zero-order valence-electron chi connectivity index (χ0n) is 33.0. The van der Waals surface area contributed by atoms with E-state index in [2.05, 4.69) is 159 Å². The lowest BCUT2D eigenvalue weighted by Gasteiger charge is -2.17. The van der Waals surface area contributed by atoms with Crippen LogP contribution in [0.25, 0.3) is 65.3 Å². The van der Waals surface area contributed by atoms with E-state index in [4.69, 9.17) is 23.7 Å². The van der Waals surface area contributed by atoms with E-state index >= 15 is 0 Å². The summed E-state index contributed by atoms with van der Waals surface area (Å²) >= 11 is 0. The minimum atomic E-state index is 0.377. The molecular weight excluding hydrogens is 717 g/mol. The van der Waals surface area contributed by atoms with Crippen LogP contribution in [-0.2, 0) is 4.74 Å². The summed E-state index contributed by atoms with van der Waals surface area (Å²) < 4.78 is 29.9. The van der Waals surface area contributed by atoms with Gasteiger partial charge in [-0.05, 0) is 92.2 Å². The first-order chi connectivity index (χ1) is 28.7. The van der Waals surface area contributed by atoms with Crippen LogP contribution < -0.4 is 18.9 Å². The largest absolute Gasteiger partial charge is 0.492 e. The second kappa shape index (κ2) is 17.1. The maximum absolute atomic E-state index is 6.35. The van der Waals surface area contributed by atoms with Crippen LogP contribution in [0.5, 0.6) is 23.0 Å². The Kier molecular flexibility index (Phi) is 11.0. The van der Waals surface area contributed by atoms with Crippen LogP contribution in [0.1, 0.15) is 26.2 Å². The SMILES string of the molecule is C1CCOC1.C=C1COc2ccc3ccccc3c2-c2c(ccc3ccccc23)OC1.CCC1COc2ccc3ccccc3c2-c2c(ccc3ccccc23)OC1. The molecule has 0 bridgehead atoms. The number of fused-ring (bicyclic) bond motifs is 14. The van der Waals surface area contributed by atoms with Crippen LogP contribution in [0.3, 0.4) is 0 Å². The predicted molar refractivity (Wildman–Crippen MR) is 239 cm³/mol. The molecule has 1 fully saturated rings. The normalized spacial score (nSPS) is 14.9. The van der Waals surface area contributed by atoms with Crippen molar-refractivity contribution >= 4 is 43.1 Å². The zero-order chi connectivity index (χ0) is 39.3. The van der Waals surface area contributed by atoms with Crippen molar-refractivity contribution in [1.29, 1.82) is 0 Å². The van der Waals surface area contributed by atoms with Gasteiger partial charge < -0.3 is 23.7 Å². The predicted octanol–water partition coefficient (Wildman–Crippen LogP) is 13.2. The van der Waals surface area contributed by atoms with Crippen molar-refractivity contribution in [2.45, 2.75) is 26.2 Å².